The summed E-state index contributed by atoms with van der Waals surface area (Å²) in [6.07, 6.45) is 5.96. The molecule has 128 valence electrons. The molecule has 2 rings (SSSR count). The molecule has 0 radical (unpaired) electrons. The molecule has 0 aromatic heterocycles. The molecule has 2 unspecified atom stereocenters. The van der Waals surface area contributed by atoms with Crippen LogP contribution in [0, 0.1) is 5.92 Å². The Hall–Kier alpha value is -1.55. The summed E-state index contributed by atoms with van der Waals surface area (Å²) in [7, 11) is 1.69. The average Bonchev–Trinajstić information content (AvgIpc) is 2.57. The van der Waals surface area contributed by atoms with Crippen LogP contribution in [0.1, 0.15) is 44.6 Å². The van der Waals surface area contributed by atoms with E-state index in [1.54, 1.807) is 7.11 Å². The van der Waals surface area contributed by atoms with E-state index in [0.717, 1.165) is 50.9 Å². The number of amides is 1. The highest BCUT2D eigenvalue weighted by atomic mass is 16.5. The molecule has 0 saturated carbocycles. The number of nitrogens with one attached hydrogen (secondary N) is 2. The predicted octanol–water partition coefficient (Wildman–Crippen LogP) is 2.91. The van der Waals surface area contributed by atoms with Gasteiger partial charge in [-0.2, -0.15) is 0 Å². The Kier molecular flexibility index (Phi) is 7.40. The molecular formula is C19H30N2O2. The summed E-state index contributed by atoms with van der Waals surface area (Å²) >= 11 is 0. The number of unbranched alkanes of at least 4 members (excludes halogenated alkanes) is 2. The van der Waals surface area contributed by atoms with Crippen molar-refractivity contribution in [1.29, 1.82) is 0 Å². The van der Waals surface area contributed by atoms with Crippen LogP contribution in [0.4, 0.5) is 0 Å². The molecule has 0 spiro atoms. The first-order valence-electron chi connectivity index (χ1n) is 8.82. The lowest BCUT2D eigenvalue weighted by Crippen LogP contribution is -2.48. The van der Waals surface area contributed by atoms with Gasteiger partial charge >= 0.3 is 0 Å². The largest absolute Gasteiger partial charge is 0.497 e. The van der Waals surface area contributed by atoms with Crippen LogP contribution in [-0.2, 0) is 11.2 Å². The van der Waals surface area contributed by atoms with Gasteiger partial charge in [-0.25, -0.2) is 0 Å². The van der Waals surface area contributed by atoms with E-state index in [0.29, 0.717) is 18.4 Å². The van der Waals surface area contributed by atoms with Gasteiger partial charge in [-0.1, -0.05) is 25.5 Å². The van der Waals surface area contributed by atoms with Gasteiger partial charge in [-0.3, -0.25) is 4.79 Å². The predicted molar refractivity (Wildman–Crippen MR) is 93.7 cm³/mol. The van der Waals surface area contributed by atoms with Gasteiger partial charge in [0, 0.05) is 12.5 Å². The van der Waals surface area contributed by atoms with Crippen LogP contribution in [0.25, 0.3) is 0 Å². The monoisotopic (exact) mass is 318 g/mol. The zero-order chi connectivity index (χ0) is 16.5. The zero-order valence-corrected chi connectivity index (χ0v) is 14.4. The number of methoxy groups -OCH3 is 1. The number of piperidine rings is 1. The highest BCUT2D eigenvalue weighted by molar-refractivity contribution is 5.76. The van der Waals surface area contributed by atoms with Gasteiger partial charge in [0.25, 0.3) is 0 Å². The number of ether oxygens (including phenoxy) is 1. The molecule has 0 aliphatic carbocycles. The van der Waals surface area contributed by atoms with Crippen LogP contribution < -0.4 is 15.4 Å². The lowest BCUT2D eigenvalue weighted by molar-refractivity contribution is -0.122. The quantitative estimate of drug-likeness (QED) is 0.725. The number of aryl methyl sites for hydroxylation is 1. The Morgan fingerprint density at radius 1 is 1.26 bits per heavy atom. The molecule has 1 fully saturated rings. The number of benzene rings is 1. The van der Waals surface area contributed by atoms with E-state index in [2.05, 4.69) is 29.7 Å². The van der Waals surface area contributed by atoms with Gasteiger partial charge < -0.3 is 15.4 Å². The summed E-state index contributed by atoms with van der Waals surface area (Å²) in [6, 6.07) is 8.59. The van der Waals surface area contributed by atoms with E-state index >= 15 is 0 Å². The standard InChI is InChI=1S/C19H30N2O2/c1-15-14-20-13-12-18(15)21-19(22)7-5-3-4-6-16-8-10-17(23-2)11-9-16/h8-11,15,18,20H,3-7,12-14H2,1-2H3,(H,21,22). The van der Waals surface area contributed by atoms with Crippen molar-refractivity contribution in [2.24, 2.45) is 5.92 Å². The fourth-order valence-electron chi connectivity index (χ4n) is 3.09. The van der Waals surface area contributed by atoms with Crippen LogP contribution >= 0.6 is 0 Å². The summed E-state index contributed by atoms with van der Waals surface area (Å²) in [4.78, 5) is 12.0. The third kappa shape index (κ3) is 6.22. The molecule has 23 heavy (non-hydrogen) atoms. The maximum Gasteiger partial charge on any atom is 0.220 e. The first-order chi connectivity index (χ1) is 11.2. The zero-order valence-electron chi connectivity index (χ0n) is 14.4. The minimum atomic E-state index is 0.216. The SMILES string of the molecule is COc1ccc(CCCCCC(=O)NC2CCNCC2C)cc1. The second kappa shape index (κ2) is 9.56. The van der Waals surface area contributed by atoms with Gasteiger partial charge in [0.1, 0.15) is 5.75 Å². The molecule has 1 aliphatic heterocycles. The minimum absolute atomic E-state index is 0.216. The van der Waals surface area contributed by atoms with Crippen molar-refractivity contribution in [2.75, 3.05) is 20.2 Å². The molecule has 2 atom stereocenters. The van der Waals surface area contributed by atoms with Gasteiger partial charge in [0.15, 0.2) is 0 Å². The van der Waals surface area contributed by atoms with E-state index < -0.39 is 0 Å². The number of carbonyl (C=O) groups is 1. The highest BCUT2D eigenvalue weighted by Crippen LogP contribution is 2.14. The summed E-state index contributed by atoms with van der Waals surface area (Å²) in [5.74, 6) is 1.65. The number of hydrogen-bond acceptors (Lipinski definition) is 3. The lowest BCUT2D eigenvalue weighted by atomic mass is 9.95. The van der Waals surface area contributed by atoms with Crippen molar-refractivity contribution >= 4 is 5.91 Å². The molecule has 4 nitrogen and oxygen atoms in total. The summed E-state index contributed by atoms with van der Waals surface area (Å²) in [5, 5.41) is 6.56. The number of rotatable bonds is 8. The van der Waals surface area contributed by atoms with Crippen LogP contribution in [0.5, 0.6) is 5.75 Å². The Bertz CT molecular complexity index is 473. The molecule has 4 heteroatoms. The van der Waals surface area contributed by atoms with Gasteiger partial charge in [0.05, 0.1) is 7.11 Å². The second-order valence-corrected chi connectivity index (χ2v) is 6.55. The van der Waals surface area contributed by atoms with Crippen LogP contribution in [-0.4, -0.2) is 32.1 Å². The Balaban J connectivity index is 1.56. The van der Waals surface area contributed by atoms with Gasteiger partial charge in [-0.05, 0) is 62.4 Å². The Labute approximate surface area is 140 Å². The first kappa shape index (κ1) is 17.8. The third-order valence-electron chi connectivity index (χ3n) is 4.66. The molecular weight excluding hydrogens is 288 g/mol. The molecule has 1 heterocycles. The molecule has 1 aliphatic rings. The molecule has 1 saturated heterocycles. The fraction of sp³-hybridized carbons (Fsp3) is 0.632. The second-order valence-electron chi connectivity index (χ2n) is 6.55. The smallest absolute Gasteiger partial charge is 0.220 e. The van der Waals surface area contributed by atoms with Crippen LogP contribution in [0.15, 0.2) is 24.3 Å². The summed E-state index contributed by atoms with van der Waals surface area (Å²) in [5.41, 5.74) is 1.33. The number of hydrogen-bond donors (Lipinski definition) is 2. The molecule has 1 amide bonds. The molecule has 0 bridgehead atoms. The van der Waals surface area contributed by atoms with E-state index in [1.165, 1.54) is 5.56 Å². The fourth-order valence-corrected chi connectivity index (χ4v) is 3.09. The Morgan fingerprint density at radius 2 is 2.04 bits per heavy atom. The van der Waals surface area contributed by atoms with Gasteiger partial charge in [0.2, 0.25) is 5.91 Å². The highest BCUT2D eigenvalue weighted by Gasteiger charge is 2.22. The molecule has 1 aromatic carbocycles. The third-order valence-corrected chi connectivity index (χ3v) is 4.66. The van der Waals surface area contributed by atoms with Crippen molar-refractivity contribution in [2.45, 2.75) is 51.5 Å². The van der Waals surface area contributed by atoms with Crippen molar-refractivity contribution < 1.29 is 9.53 Å². The van der Waals surface area contributed by atoms with E-state index in [9.17, 15) is 4.79 Å². The Morgan fingerprint density at radius 3 is 2.74 bits per heavy atom. The van der Waals surface area contributed by atoms with E-state index in [4.69, 9.17) is 4.74 Å². The topological polar surface area (TPSA) is 50.4 Å². The lowest BCUT2D eigenvalue weighted by Gasteiger charge is -2.30. The summed E-state index contributed by atoms with van der Waals surface area (Å²) < 4.78 is 5.16. The van der Waals surface area contributed by atoms with Gasteiger partial charge in [-0.15, -0.1) is 0 Å². The minimum Gasteiger partial charge on any atom is -0.497 e. The molecule has 2 N–H and O–H groups in total. The number of carbonyl (C=O) groups excluding carboxylic acids is 1. The maximum absolute atomic E-state index is 12.0. The van der Waals surface area contributed by atoms with Crippen molar-refractivity contribution in [3.8, 4) is 5.75 Å². The van der Waals surface area contributed by atoms with Crippen molar-refractivity contribution in [1.82, 2.24) is 10.6 Å². The average molecular weight is 318 g/mol. The van der Waals surface area contributed by atoms with Crippen LogP contribution in [0.2, 0.25) is 0 Å². The maximum atomic E-state index is 12.0. The van der Waals surface area contributed by atoms with Crippen molar-refractivity contribution in [3.05, 3.63) is 29.8 Å². The van der Waals surface area contributed by atoms with E-state index in [1.807, 2.05) is 12.1 Å². The van der Waals surface area contributed by atoms with E-state index in [-0.39, 0.29) is 5.91 Å². The summed E-state index contributed by atoms with van der Waals surface area (Å²) in [6.45, 7) is 4.22. The normalized spacial score (nSPS) is 21.0. The first-order valence-corrected chi connectivity index (χ1v) is 8.82. The van der Waals surface area contributed by atoms with Crippen molar-refractivity contribution in [3.63, 3.8) is 0 Å². The molecule has 1 aromatic rings. The van der Waals surface area contributed by atoms with Crippen LogP contribution in [0.3, 0.4) is 0 Å².